The largest absolute Gasteiger partial charge is 0.324 e. The van der Waals surface area contributed by atoms with E-state index in [4.69, 9.17) is 11.6 Å². The maximum Gasteiger partial charge on any atom is 0.271 e. The van der Waals surface area contributed by atoms with Gasteiger partial charge in [0.05, 0.1) is 15.6 Å². The van der Waals surface area contributed by atoms with Crippen molar-refractivity contribution in [1.29, 1.82) is 0 Å². The molecule has 0 heterocycles. The van der Waals surface area contributed by atoms with Crippen LogP contribution in [0.5, 0.6) is 0 Å². The van der Waals surface area contributed by atoms with Gasteiger partial charge in [-0.1, -0.05) is 31.9 Å². The number of rotatable bonds is 5. The van der Waals surface area contributed by atoms with Gasteiger partial charge in [-0.15, -0.1) is 0 Å². The summed E-state index contributed by atoms with van der Waals surface area (Å²) >= 11 is 5.89. The SMILES string of the molecule is CCC[C@H](C)C(=O)Nc1cc([N+](=O)[O-])ccc1Cl. The fourth-order valence-corrected chi connectivity index (χ4v) is 1.71. The van der Waals surface area contributed by atoms with Crippen LogP contribution in [0.15, 0.2) is 18.2 Å². The van der Waals surface area contributed by atoms with E-state index in [0.29, 0.717) is 0 Å². The molecule has 0 aliphatic rings. The molecule has 0 radical (unpaired) electrons. The van der Waals surface area contributed by atoms with Crippen molar-refractivity contribution in [3.8, 4) is 0 Å². The first-order valence-corrected chi connectivity index (χ1v) is 6.08. The molecule has 1 N–H and O–H groups in total. The molecule has 1 aromatic rings. The summed E-state index contributed by atoms with van der Waals surface area (Å²) in [5.74, 6) is -0.329. The van der Waals surface area contributed by atoms with Crippen LogP contribution in [0, 0.1) is 16.0 Å². The molecular weight excluding hydrogens is 256 g/mol. The topological polar surface area (TPSA) is 72.2 Å². The fraction of sp³-hybridized carbons (Fsp3) is 0.417. The highest BCUT2D eigenvalue weighted by Gasteiger charge is 2.15. The van der Waals surface area contributed by atoms with E-state index in [-0.39, 0.29) is 28.2 Å². The minimum Gasteiger partial charge on any atom is -0.324 e. The molecule has 0 aliphatic heterocycles. The third-order valence-corrected chi connectivity index (χ3v) is 2.92. The second-order valence-corrected chi connectivity index (χ2v) is 4.51. The predicted molar refractivity (Wildman–Crippen MR) is 70.8 cm³/mol. The third kappa shape index (κ3) is 3.70. The van der Waals surface area contributed by atoms with Crippen LogP contribution >= 0.6 is 11.6 Å². The maximum absolute atomic E-state index is 11.8. The molecule has 1 atom stereocenters. The van der Waals surface area contributed by atoms with Crippen LogP contribution in [-0.2, 0) is 4.79 Å². The number of nitro groups is 1. The number of non-ortho nitro benzene ring substituents is 1. The first-order valence-electron chi connectivity index (χ1n) is 5.70. The molecule has 0 saturated carbocycles. The highest BCUT2D eigenvalue weighted by molar-refractivity contribution is 6.33. The van der Waals surface area contributed by atoms with Crippen molar-refractivity contribution >= 4 is 28.9 Å². The Kier molecular flexibility index (Phi) is 5.09. The summed E-state index contributed by atoms with van der Waals surface area (Å²) < 4.78 is 0. The number of benzene rings is 1. The fourth-order valence-electron chi connectivity index (χ4n) is 1.54. The van der Waals surface area contributed by atoms with E-state index in [9.17, 15) is 14.9 Å². The van der Waals surface area contributed by atoms with Gasteiger partial charge in [-0.3, -0.25) is 14.9 Å². The summed E-state index contributed by atoms with van der Waals surface area (Å²) in [5, 5.41) is 13.5. The van der Waals surface area contributed by atoms with Crippen LogP contribution in [-0.4, -0.2) is 10.8 Å². The molecule has 6 heteroatoms. The number of hydrogen-bond donors (Lipinski definition) is 1. The molecule has 0 unspecified atom stereocenters. The van der Waals surface area contributed by atoms with E-state index < -0.39 is 4.92 Å². The summed E-state index contributed by atoms with van der Waals surface area (Å²) in [4.78, 5) is 21.9. The number of amides is 1. The van der Waals surface area contributed by atoms with Gasteiger partial charge in [0.25, 0.3) is 5.69 Å². The van der Waals surface area contributed by atoms with Gasteiger partial charge in [-0.05, 0) is 12.5 Å². The van der Waals surface area contributed by atoms with Crippen LogP contribution in [0.4, 0.5) is 11.4 Å². The summed E-state index contributed by atoms with van der Waals surface area (Å²) in [7, 11) is 0. The number of carbonyl (C=O) groups excluding carboxylic acids is 1. The molecule has 18 heavy (non-hydrogen) atoms. The summed E-state index contributed by atoms with van der Waals surface area (Å²) in [6.45, 7) is 3.80. The van der Waals surface area contributed by atoms with Crippen LogP contribution < -0.4 is 5.32 Å². The number of carbonyl (C=O) groups is 1. The molecule has 1 amide bonds. The molecule has 0 spiro atoms. The summed E-state index contributed by atoms with van der Waals surface area (Å²) in [5.41, 5.74) is 0.177. The molecule has 1 rings (SSSR count). The quantitative estimate of drug-likeness (QED) is 0.656. The molecule has 0 aliphatic carbocycles. The van der Waals surface area contributed by atoms with Gasteiger partial charge in [0.15, 0.2) is 0 Å². The van der Waals surface area contributed by atoms with Crippen molar-refractivity contribution < 1.29 is 9.72 Å². The molecule has 5 nitrogen and oxygen atoms in total. The van der Waals surface area contributed by atoms with E-state index in [1.54, 1.807) is 0 Å². The summed E-state index contributed by atoms with van der Waals surface area (Å²) in [6.07, 6.45) is 1.66. The average molecular weight is 271 g/mol. The van der Waals surface area contributed by atoms with Gasteiger partial charge in [0, 0.05) is 18.1 Å². The maximum atomic E-state index is 11.8. The molecule has 0 saturated heterocycles. The zero-order valence-corrected chi connectivity index (χ0v) is 11.0. The van der Waals surface area contributed by atoms with Crippen molar-refractivity contribution in [2.24, 2.45) is 5.92 Å². The normalized spacial score (nSPS) is 11.9. The minimum atomic E-state index is -0.526. The molecule has 0 aromatic heterocycles. The van der Waals surface area contributed by atoms with Crippen LogP contribution in [0.1, 0.15) is 26.7 Å². The van der Waals surface area contributed by atoms with Crippen molar-refractivity contribution in [1.82, 2.24) is 0 Å². The Bertz CT molecular complexity index is 463. The standard InChI is InChI=1S/C12H15ClN2O3/c1-3-4-8(2)12(16)14-11-7-9(15(17)18)5-6-10(11)13/h5-8H,3-4H2,1-2H3,(H,14,16)/t8-/m0/s1. The summed E-state index contributed by atoms with van der Waals surface area (Å²) in [6, 6.07) is 3.96. The molecule has 0 fully saturated rings. The number of hydrogen-bond acceptors (Lipinski definition) is 3. The smallest absolute Gasteiger partial charge is 0.271 e. The van der Waals surface area contributed by atoms with Crippen LogP contribution in [0.25, 0.3) is 0 Å². The van der Waals surface area contributed by atoms with Crippen molar-refractivity contribution in [3.05, 3.63) is 33.3 Å². The average Bonchev–Trinajstić information content (AvgIpc) is 2.31. The van der Waals surface area contributed by atoms with Gasteiger partial charge in [0.2, 0.25) is 5.91 Å². The van der Waals surface area contributed by atoms with Crippen molar-refractivity contribution in [2.45, 2.75) is 26.7 Å². The van der Waals surface area contributed by atoms with Crippen molar-refractivity contribution in [3.63, 3.8) is 0 Å². The van der Waals surface area contributed by atoms with E-state index in [1.807, 2.05) is 13.8 Å². The molecule has 0 bridgehead atoms. The monoisotopic (exact) mass is 270 g/mol. The van der Waals surface area contributed by atoms with Crippen LogP contribution in [0.3, 0.4) is 0 Å². The first-order chi connectivity index (χ1) is 8.45. The number of nitrogens with zero attached hydrogens (tertiary/aromatic N) is 1. The number of nitrogens with one attached hydrogen (secondary N) is 1. The number of nitro benzene ring substituents is 1. The van der Waals surface area contributed by atoms with Crippen molar-refractivity contribution in [2.75, 3.05) is 5.32 Å². The van der Waals surface area contributed by atoms with Gasteiger partial charge in [0.1, 0.15) is 0 Å². The second-order valence-electron chi connectivity index (χ2n) is 4.10. The molecular formula is C12H15ClN2O3. The Morgan fingerprint density at radius 1 is 1.56 bits per heavy atom. The molecule has 98 valence electrons. The van der Waals surface area contributed by atoms with E-state index in [1.165, 1.54) is 18.2 Å². The Hall–Kier alpha value is -1.62. The lowest BCUT2D eigenvalue weighted by molar-refractivity contribution is -0.384. The Labute approximate surface area is 110 Å². The molecule has 1 aromatic carbocycles. The van der Waals surface area contributed by atoms with E-state index in [0.717, 1.165) is 12.8 Å². The van der Waals surface area contributed by atoms with Gasteiger partial charge >= 0.3 is 0 Å². The predicted octanol–water partition coefficient (Wildman–Crippen LogP) is 3.62. The van der Waals surface area contributed by atoms with E-state index >= 15 is 0 Å². The van der Waals surface area contributed by atoms with Gasteiger partial charge in [-0.25, -0.2) is 0 Å². The first kappa shape index (κ1) is 14.4. The zero-order chi connectivity index (χ0) is 13.7. The number of halogens is 1. The van der Waals surface area contributed by atoms with Gasteiger partial charge < -0.3 is 5.32 Å². The highest BCUT2D eigenvalue weighted by Crippen LogP contribution is 2.27. The minimum absolute atomic E-state index is 0.0992. The van der Waals surface area contributed by atoms with E-state index in [2.05, 4.69) is 5.32 Å². The highest BCUT2D eigenvalue weighted by atomic mass is 35.5. The third-order valence-electron chi connectivity index (χ3n) is 2.59. The lowest BCUT2D eigenvalue weighted by Crippen LogP contribution is -2.20. The lowest BCUT2D eigenvalue weighted by Gasteiger charge is -2.12. The Balaban J connectivity index is 2.86. The second kappa shape index (κ2) is 6.35. The Morgan fingerprint density at radius 2 is 2.22 bits per heavy atom. The van der Waals surface area contributed by atoms with Crippen LogP contribution in [0.2, 0.25) is 5.02 Å². The number of anilines is 1. The lowest BCUT2D eigenvalue weighted by atomic mass is 10.1. The Morgan fingerprint density at radius 3 is 2.78 bits per heavy atom. The van der Waals surface area contributed by atoms with Gasteiger partial charge in [-0.2, -0.15) is 0 Å². The zero-order valence-electron chi connectivity index (χ0n) is 10.3.